The van der Waals surface area contributed by atoms with Crippen molar-refractivity contribution in [3.63, 3.8) is 0 Å². The van der Waals surface area contributed by atoms with E-state index in [1.807, 2.05) is 0 Å². The summed E-state index contributed by atoms with van der Waals surface area (Å²) in [6.07, 6.45) is 8.01. The summed E-state index contributed by atoms with van der Waals surface area (Å²) in [7, 11) is 0. The molecule has 0 unspecified atom stereocenters. The number of hydrogen-bond acceptors (Lipinski definition) is 2. The molecule has 0 aromatic heterocycles. The van der Waals surface area contributed by atoms with Gasteiger partial charge in [-0.1, -0.05) is 12.3 Å². The molecule has 10 heavy (non-hydrogen) atoms. The summed E-state index contributed by atoms with van der Waals surface area (Å²) in [4.78, 5) is 10.9. The fourth-order valence-electron chi connectivity index (χ4n) is 0.875. The van der Waals surface area contributed by atoms with Gasteiger partial charge in [0.05, 0.1) is 5.92 Å². The van der Waals surface area contributed by atoms with Crippen molar-refractivity contribution in [2.75, 3.05) is 6.61 Å². The zero-order valence-electron chi connectivity index (χ0n) is 5.80. The zero-order chi connectivity index (χ0) is 7.40. The van der Waals surface area contributed by atoms with E-state index in [2.05, 4.69) is 5.92 Å². The van der Waals surface area contributed by atoms with Crippen LogP contribution < -0.4 is 0 Å². The van der Waals surface area contributed by atoms with Crippen molar-refractivity contribution in [3.8, 4) is 12.3 Å². The van der Waals surface area contributed by atoms with Gasteiger partial charge in [-0.05, 0) is 12.8 Å². The van der Waals surface area contributed by atoms with Gasteiger partial charge in [0.1, 0.15) is 0 Å². The highest BCUT2D eigenvalue weighted by Gasteiger charge is 2.26. The number of carbonyl (C=O) groups is 1. The minimum absolute atomic E-state index is 0.120. The Labute approximate surface area is 60.6 Å². The van der Waals surface area contributed by atoms with Gasteiger partial charge in [0, 0.05) is 0 Å². The number of esters is 1. The molecule has 1 aliphatic carbocycles. The lowest BCUT2D eigenvalue weighted by Gasteiger charge is -2.22. The summed E-state index contributed by atoms with van der Waals surface area (Å²) in [5, 5.41) is 0. The third-order valence-electron chi connectivity index (χ3n) is 1.74. The van der Waals surface area contributed by atoms with E-state index in [1.165, 1.54) is 0 Å². The fraction of sp³-hybridized carbons (Fsp3) is 0.625. The van der Waals surface area contributed by atoms with Gasteiger partial charge in [-0.15, -0.1) is 6.42 Å². The van der Waals surface area contributed by atoms with E-state index in [-0.39, 0.29) is 18.5 Å². The maximum Gasteiger partial charge on any atom is 0.309 e. The highest BCUT2D eigenvalue weighted by molar-refractivity contribution is 5.73. The van der Waals surface area contributed by atoms with Gasteiger partial charge in [-0.3, -0.25) is 4.79 Å². The molecule has 0 atom stereocenters. The molecule has 1 saturated carbocycles. The minimum atomic E-state index is -0.121. The summed E-state index contributed by atoms with van der Waals surface area (Å²) >= 11 is 0. The first kappa shape index (κ1) is 7.14. The third-order valence-corrected chi connectivity index (χ3v) is 1.74. The van der Waals surface area contributed by atoms with Gasteiger partial charge in [0.2, 0.25) is 0 Å². The maximum atomic E-state index is 10.9. The summed E-state index contributed by atoms with van der Waals surface area (Å²) in [6, 6.07) is 0. The number of terminal acetylenes is 1. The van der Waals surface area contributed by atoms with E-state index in [0.717, 1.165) is 19.3 Å². The lowest BCUT2D eigenvalue weighted by molar-refractivity contribution is -0.149. The standard InChI is InChI=1S/C8H10O2/c1-2-6-10-8(9)7-4-3-5-7/h1,7H,3-6H2. The summed E-state index contributed by atoms with van der Waals surface area (Å²) < 4.78 is 4.72. The molecule has 0 saturated heterocycles. The van der Waals surface area contributed by atoms with Crippen molar-refractivity contribution >= 4 is 5.97 Å². The van der Waals surface area contributed by atoms with Crippen molar-refractivity contribution in [1.29, 1.82) is 0 Å². The molecular formula is C8H10O2. The third kappa shape index (κ3) is 1.51. The lowest BCUT2D eigenvalue weighted by atomic mass is 9.86. The molecule has 0 aromatic rings. The Kier molecular flexibility index (Phi) is 2.33. The second kappa shape index (κ2) is 3.26. The normalized spacial score (nSPS) is 17.1. The van der Waals surface area contributed by atoms with E-state index in [9.17, 15) is 4.79 Å². The van der Waals surface area contributed by atoms with Crippen molar-refractivity contribution in [1.82, 2.24) is 0 Å². The molecule has 54 valence electrons. The predicted octanol–water partition coefficient (Wildman–Crippen LogP) is 0.963. The first-order chi connectivity index (χ1) is 4.84. The van der Waals surface area contributed by atoms with Crippen LogP contribution in [0.1, 0.15) is 19.3 Å². The van der Waals surface area contributed by atoms with Crippen molar-refractivity contribution < 1.29 is 9.53 Å². The second-order valence-electron chi connectivity index (χ2n) is 2.44. The van der Waals surface area contributed by atoms with Gasteiger partial charge < -0.3 is 4.74 Å². The van der Waals surface area contributed by atoms with E-state index < -0.39 is 0 Å². The molecule has 0 spiro atoms. The van der Waals surface area contributed by atoms with E-state index >= 15 is 0 Å². The van der Waals surface area contributed by atoms with Crippen LogP contribution in [0.4, 0.5) is 0 Å². The number of hydrogen-bond donors (Lipinski definition) is 0. The summed E-state index contributed by atoms with van der Waals surface area (Å²) in [5.74, 6) is 2.28. The fourth-order valence-corrected chi connectivity index (χ4v) is 0.875. The average Bonchev–Trinajstić information content (AvgIpc) is 1.79. The van der Waals surface area contributed by atoms with Crippen LogP contribution in [0.5, 0.6) is 0 Å². The predicted molar refractivity (Wildman–Crippen MR) is 37.1 cm³/mol. The Morgan fingerprint density at radius 1 is 1.70 bits per heavy atom. The number of ether oxygens (including phenoxy) is 1. The monoisotopic (exact) mass is 138 g/mol. The minimum Gasteiger partial charge on any atom is -0.452 e. The number of rotatable bonds is 2. The molecule has 1 rings (SSSR count). The molecule has 0 aromatic carbocycles. The molecule has 2 nitrogen and oxygen atoms in total. The van der Waals surface area contributed by atoms with Crippen LogP contribution in [0.25, 0.3) is 0 Å². The Morgan fingerprint density at radius 2 is 2.40 bits per heavy atom. The summed E-state index contributed by atoms with van der Waals surface area (Å²) in [6.45, 7) is 0.120. The first-order valence-electron chi connectivity index (χ1n) is 3.44. The highest BCUT2D eigenvalue weighted by Crippen LogP contribution is 2.27. The molecule has 0 heterocycles. The summed E-state index contributed by atoms with van der Waals surface area (Å²) in [5.41, 5.74) is 0. The largest absolute Gasteiger partial charge is 0.452 e. The van der Waals surface area contributed by atoms with Crippen LogP contribution in [0.15, 0.2) is 0 Å². The van der Waals surface area contributed by atoms with Crippen LogP contribution in [0, 0.1) is 18.3 Å². The van der Waals surface area contributed by atoms with Crippen LogP contribution >= 0.6 is 0 Å². The molecule has 1 aliphatic rings. The number of carbonyl (C=O) groups excluding carboxylic acids is 1. The topological polar surface area (TPSA) is 26.3 Å². The lowest BCUT2D eigenvalue weighted by Crippen LogP contribution is -2.24. The molecule has 0 bridgehead atoms. The Hall–Kier alpha value is -0.970. The van der Waals surface area contributed by atoms with Crippen LogP contribution in [0.3, 0.4) is 0 Å². The SMILES string of the molecule is C#CCOC(=O)C1CCC1. The van der Waals surface area contributed by atoms with E-state index in [1.54, 1.807) is 0 Å². The Balaban J connectivity index is 2.15. The van der Waals surface area contributed by atoms with Crippen molar-refractivity contribution in [3.05, 3.63) is 0 Å². The second-order valence-corrected chi connectivity index (χ2v) is 2.44. The Bertz CT molecular complexity index is 163. The maximum absolute atomic E-state index is 10.9. The first-order valence-corrected chi connectivity index (χ1v) is 3.44. The molecule has 1 fully saturated rings. The van der Waals surface area contributed by atoms with Crippen molar-refractivity contribution in [2.45, 2.75) is 19.3 Å². The van der Waals surface area contributed by atoms with Gasteiger partial charge in [-0.25, -0.2) is 0 Å². The average molecular weight is 138 g/mol. The van der Waals surface area contributed by atoms with E-state index in [0.29, 0.717) is 0 Å². The van der Waals surface area contributed by atoms with Crippen LogP contribution in [-0.4, -0.2) is 12.6 Å². The van der Waals surface area contributed by atoms with Gasteiger partial charge in [0.15, 0.2) is 6.61 Å². The van der Waals surface area contributed by atoms with Crippen LogP contribution in [-0.2, 0) is 9.53 Å². The van der Waals surface area contributed by atoms with Gasteiger partial charge in [-0.2, -0.15) is 0 Å². The van der Waals surface area contributed by atoms with Crippen molar-refractivity contribution in [2.24, 2.45) is 5.92 Å². The molecule has 2 heteroatoms. The van der Waals surface area contributed by atoms with Crippen LogP contribution in [0.2, 0.25) is 0 Å². The highest BCUT2D eigenvalue weighted by atomic mass is 16.5. The van der Waals surface area contributed by atoms with Gasteiger partial charge in [0.25, 0.3) is 0 Å². The Morgan fingerprint density at radius 3 is 2.80 bits per heavy atom. The smallest absolute Gasteiger partial charge is 0.309 e. The molecule has 0 amide bonds. The quantitative estimate of drug-likeness (QED) is 0.419. The van der Waals surface area contributed by atoms with Gasteiger partial charge >= 0.3 is 5.97 Å². The molecular weight excluding hydrogens is 128 g/mol. The molecule has 0 aliphatic heterocycles. The zero-order valence-corrected chi connectivity index (χ0v) is 5.80. The molecule has 0 N–H and O–H groups in total. The molecule has 0 radical (unpaired) electrons. The van der Waals surface area contributed by atoms with E-state index in [4.69, 9.17) is 11.2 Å².